The lowest BCUT2D eigenvalue weighted by Gasteiger charge is -2.34. The van der Waals surface area contributed by atoms with Gasteiger partial charge in [0, 0.05) is 49.7 Å². The number of hydrogen-bond donors (Lipinski definition) is 1. The van der Waals surface area contributed by atoms with Gasteiger partial charge in [0.25, 0.3) is 0 Å². The van der Waals surface area contributed by atoms with Gasteiger partial charge in [0.2, 0.25) is 0 Å². The Balaban J connectivity index is 1.67. The zero-order valence-electron chi connectivity index (χ0n) is 16.9. The Hall–Kier alpha value is -2.47. The summed E-state index contributed by atoms with van der Waals surface area (Å²) in [5.41, 5.74) is 5.40. The summed E-state index contributed by atoms with van der Waals surface area (Å²) in [6.45, 7) is 12.8. The summed E-state index contributed by atoms with van der Waals surface area (Å²) in [6, 6.07) is 4.46. The van der Waals surface area contributed by atoms with Crippen molar-refractivity contribution >= 4 is 16.7 Å². The highest BCUT2D eigenvalue weighted by atomic mass is 15.2. The molecule has 27 heavy (non-hydrogen) atoms. The van der Waals surface area contributed by atoms with Gasteiger partial charge in [-0.05, 0) is 31.7 Å². The van der Waals surface area contributed by atoms with Crippen LogP contribution in [-0.2, 0) is 5.41 Å². The highest BCUT2D eigenvalue weighted by Crippen LogP contribution is 2.28. The fourth-order valence-electron chi connectivity index (χ4n) is 3.49. The van der Waals surface area contributed by atoms with Crippen LogP contribution in [0, 0.1) is 6.92 Å². The van der Waals surface area contributed by atoms with E-state index in [9.17, 15) is 0 Å². The predicted molar refractivity (Wildman–Crippen MR) is 110 cm³/mol. The number of anilines is 1. The first kappa shape index (κ1) is 17.9. The van der Waals surface area contributed by atoms with Gasteiger partial charge in [0.15, 0.2) is 0 Å². The molecule has 0 unspecified atom stereocenters. The average Bonchev–Trinajstić information content (AvgIpc) is 3.06. The van der Waals surface area contributed by atoms with Crippen molar-refractivity contribution in [1.82, 2.24) is 24.8 Å². The first-order chi connectivity index (χ1) is 12.8. The molecule has 1 aromatic carbocycles. The summed E-state index contributed by atoms with van der Waals surface area (Å²) in [5, 5.41) is 0. The highest BCUT2D eigenvalue weighted by Gasteiger charge is 2.19. The highest BCUT2D eigenvalue weighted by molar-refractivity contribution is 5.85. The Kier molecular flexibility index (Phi) is 4.38. The molecule has 0 bridgehead atoms. The fourth-order valence-corrected chi connectivity index (χ4v) is 3.49. The van der Waals surface area contributed by atoms with E-state index in [1.54, 1.807) is 0 Å². The standard InChI is InChI=1S/C21H28N6/c1-14-10-16(27-8-6-26(5)7-9-27)11-17-18(14)25-19(24-17)15-12-22-20(23-13-15)21(2,3)4/h10-13H,6-9H2,1-5H3,(H,24,25). The van der Waals surface area contributed by atoms with Gasteiger partial charge in [-0.15, -0.1) is 0 Å². The summed E-state index contributed by atoms with van der Waals surface area (Å²) in [7, 11) is 2.18. The van der Waals surface area contributed by atoms with Gasteiger partial charge in [-0.3, -0.25) is 0 Å². The Bertz CT molecular complexity index is 943. The first-order valence-corrected chi connectivity index (χ1v) is 9.58. The Morgan fingerprint density at radius 3 is 2.30 bits per heavy atom. The minimum absolute atomic E-state index is 0.0552. The topological polar surface area (TPSA) is 60.9 Å². The van der Waals surface area contributed by atoms with Crippen molar-refractivity contribution in [2.24, 2.45) is 0 Å². The van der Waals surface area contributed by atoms with Crippen LogP contribution in [0.1, 0.15) is 32.2 Å². The molecule has 142 valence electrons. The van der Waals surface area contributed by atoms with Crippen molar-refractivity contribution in [1.29, 1.82) is 0 Å². The molecule has 1 N–H and O–H groups in total. The van der Waals surface area contributed by atoms with Crippen LogP contribution in [0.3, 0.4) is 0 Å². The van der Waals surface area contributed by atoms with Crippen molar-refractivity contribution in [2.75, 3.05) is 38.1 Å². The number of nitrogens with zero attached hydrogens (tertiary/aromatic N) is 5. The average molecular weight is 364 g/mol. The minimum atomic E-state index is -0.0552. The molecular weight excluding hydrogens is 336 g/mol. The molecule has 1 aliphatic heterocycles. The van der Waals surface area contributed by atoms with E-state index in [0.717, 1.165) is 54.4 Å². The lowest BCUT2D eigenvalue weighted by molar-refractivity contribution is 0.313. The molecule has 6 heteroatoms. The third-order valence-electron chi connectivity index (χ3n) is 5.23. The lowest BCUT2D eigenvalue weighted by atomic mass is 9.96. The van der Waals surface area contributed by atoms with Crippen molar-refractivity contribution in [3.63, 3.8) is 0 Å². The number of aryl methyl sites for hydroxylation is 1. The van der Waals surface area contributed by atoms with E-state index >= 15 is 0 Å². The second-order valence-corrected chi connectivity index (χ2v) is 8.58. The van der Waals surface area contributed by atoms with Crippen LogP contribution >= 0.6 is 0 Å². The number of fused-ring (bicyclic) bond motifs is 1. The number of aromatic amines is 1. The normalized spacial score (nSPS) is 16.3. The molecule has 0 aliphatic carbocycles. The van der Waals surface area contributed by atoms with Crippen molar-refractivity contribution in [3.05, 3.63) is 35.9 Å². The third kappa shape index (κ3) is 3.54. The maximum absolute atomic E-state index is 4.81. The molecule has 1 saturated heterocycles. The summed E-state index contributed by atoms with van der Waals surface area (Å²) in [6.07, 6.45) is 3.73. The smallest absolute Gasteiger partial charge is 0.141 e. The molecule has 0 radical (unpaired) electrons. The van der Waals surface area contributed by atoms with Crippen LogP contribution < -0.4 is 4.90 Å². The molecule has 0 amide bonds. The van der Waals surface area contributed by atoms with E-state index in [-0.39, 0.29) is 5.41 Å². The van der Waals surface area contributed by atoms with Crippen LogP contribution in [-0.4, -0.2) is 58.1 Å². The summed E-state index contributed by atoms with van der Waals surface area (Å²) < 4.78 is 0. The Morgan fingerprint density at radius 1 is 1.00 bits per heavy atom. The van der Waals surface area contributed by atoms with Gasteiger partial charge >= 0.3 is 0 Å². The molecule has 3 aromatic rings. The third-order valence-corrected chi connectivity index (χ3v) is 5.23. The number of benzene rings is 1. The summed E-state index contributed by atoms with van der Waals surface area (Å²) in [5.74, 6) is 1.67. The molecule has 0 atom stereocenters. The van der Waals surface area contributed by atoms with Crippen LogP contribution in [0.5, 0.6) is 0 Å². The largest absolute Gasteiger partial charge is 0.369 e. The number of nitrogens with one attached hydrogen (secondary N) is 1. The summed E-state index contributed by atoms with van der Waals surface area (Å²) >= 11 is 0. The second kappa shape index (κ2) is 6.60. The van der Waals surface area contributed by atoms with E-state index in [1.165, 1.54) is 11.3 Å². The number of aromatic nitrogens is 4. The van der Waals surface area contributed by atoms with Crippen LogP contribution in [0.15, 0.2) is 24.5 Å². The van der Waals surface area contributed by atoms with E-state index < -0.39 is 0 Å². The predicted octanol–water partition coefficient (Wildman–Crippen LogP) is 3.38. The maximum Gasteiger partial charge on any atom is 0.141 e. The molecule has 0 saturated carbocycles. The van der Waals surface area contributed by atoms with E-state index in [1.807, 2.05) is 12.4 Å². The number of likely N-dealkylation sites (N-methyl/N-ethyl adjacent to an activating group) is 1. The maximum atomic E-state index is 4.81. The minimum Gasteiger partial charge on any atom is -0.369 e. The van der Waals surface area contributed by atoms with Crippen LogP contribution in [0.4, 0.5) is 5.69 Å². The lowest BCUT2D eigenvalue weighted by Crippen LogP contribution is -2.44. The monoisotopic (exact) mass is 364 g/mol. The van der Waals surface area contributed by atoms with Crippen LogP contribution in [0.2, 0.25) is 0 Å². The van der Waals surface area contributed by atoms with Crippen LogP contribution in [0.25, 0.3) is 22.4 Å². The zero-order valence-corrected chi connectivity index (χ0v) is 16.9. The number of rotatable bonds is 2. The number of piperazine rings is 1. The molecule has 1 aliphatic rings. The SMILES string of the molecule is Cc1cc(N2CCN(C)CC2)cc2[nH]c(-c3cnc(C(C)(C)C)nc3)nc12. The molecule has 4 rings (SSSR count). The summed E-state index contributed by atoms with van der Waals surface area (Å²) in [4.78, 5) is 22.2. The van der Waals surface area contributed by atoms with Gasteiger partial charge in [-0.1, -0.05) is 20.8 Å². The number of hydrogen-bond acceptors (Lipinski definition) is 5. The van der Waals surface area contributed by atoms with Gasteiger partial charge < -0.3 is 14.8 Å². The molecule has 0 spiro atoms. The van der Waals surface area contributed by atoms with Gasteiger partial charge in [0.1, 0.15) is 11.6 Å². The first-order valence-electron chi connectivity index (χ1n) is 9.58. The Labute approximate surface area is 160 Å². The van der Waals surface area contributed by atoms with Gasteiger partial charge in [0.05, 0.1) is 16.6 Å². The van der Waals surface area contributed by atoms with Crippen molar-refractivity contribution in [3.8, 4) is 11.4 Å². The van der Waals surface area contributed by atoms with E-state index in [4.69, 9.17) is 4.98 Å². The molecule has 6 nitrogen and oxygen atoms in total. The quantitative estimate of drug-likeness (QED) is 0.755. The van der Waals surface area contributed by atoms with E-state index in [2.05, 4.69) is 71.6 Å². The van der Waals surface area contributed by atoms with E-state index in [0.29, 0.717) is 0 Å². The molecule has 1 fully saturated rings. The molecular formula is C21H28N6. The fraction of sp³-hybridized carbons (Fsp3) is 0.476. The Morgan fingerprint density at radius 2 is 1.67 bits per heavy atom. The van der Waals surface area contributed by atoms with Gasteiger partial charge in [-0.25, -0.2) is 15.0 Å². The van der Waals surface area contributed by atoms with Crippen molar-refractivity contribution in [2.45, 2.75) is 33.1 Å². The zero-order chi connectivity index (χ0) is 19.2. The molecule has 2 aromatic heterocycles. The molecule has 3 heterocycles. The van der Waals surface area contributed by atoms with Gasteiger partial charge in [-0.2, -0.15) is 0 Å². The number of imidazole rings is 1. The second-order valence-electron chi connectivity index (χ2n) is 8.58. The van der Waals surface area contributed by atoms with Crippen molar-refractivity contribution < 1.29 is 0 Å². The number of H-pyrrole nitrogens is 1.